The van der Waals surface area contributed by atoms with E-state index in [9.17, 15) is 14.7 Å². The normalized spacial score (nSPS) is 13.0. The minimum absolute atomic E-state index is 0.156. The van der Waals surface area contributed by atoms with Crippen molar-refractivity contribution in [3.8, 4) is 5.75 Å². The van der Waals surface area contributed by atoms with E-state index in [0.29, 0.717) is 19.4 Å². The van der Waals surface area contributed by atoms with E-state index in [1.807, 2.05) is 30.3 Å². The van der Waals surface area contributed by atoms with E-state index in [4.69, 9.17) is 11.5 Å². The van der Waals surface area contributed by atoms with Gasteiger partial charge in [0.25, 0.3) is 0 Å². The second kappa shape index (κ2) is 9.73. The SMILES string of the molecule is C[C@H](C(N)=O)N(CCCc1ccccc1)C(=O)[C@@H](N)Cc1ccc(O)cc1. The van der Waals surface area contributed by atoms with E-state index >= 15 is 0 Å². The lowest BCUT2D eigenvalue weighted by molar-refractivity contribution is -0.139. The first-order valence-electron chi connectivity index (χ1n) is 9.05. The lowest BCUT2D eigenvalue weighted by Gasteiger charge is -2.30. The number of hydrogen-bond donors (Lipinski definition) is 3. The predicted molar refractivity (Wildman–Crippen MR) is 105 cm³/mol. The fourth-order valence-electron chi connectivity index (χ4n) is 2.93. The van der Waals surface area contributed by atoms with Crippen LogP contribution in [0.4, 0.5) is 0 Å². The first kappa shape index (κ1) is 20.5. The minimum atomic E-state index is -0.784. The quantitative estimate of drug-likeness (QED) is 0.623. The number of phenols is 1. The smallest absolute Gasteiger partial charge is 0.240 e. The Labute approximate surface area is 159 Å². The standard InChI is InChI=1S/C21H27N3O3/c1-15(20(23)26)24(13-5-8-16-6-3-2-4-7-16)21(27)19(22)14-17-9-11-18(25)12-10-17/h2-4,6-7,9-12,15,19,25H,5,8,13-14,22H2,1H3,(H2,23,26)/t15-,19+/m1/s1. The number of aromatic hydroxyl groups is 1. The molecule has 2 amide bonds. The molecule has 0 aromatic heterocycles. The van der Waals surface area contributed by atoms with E-state index in [1.54, 1.807) is 31.2 Å². The fourth-order valence-corrected chi connectivity index (χ4v) is 2.93. The number of aryl methyl sites for hydroxylation is 1. The number of nitrogens with zero attached hydrogens (tertiary/aromatic N) is 1. The topological polar surface area (TPSA) is 110 Å². The molecule has 0 saturated heterocycles. The maximum atomic E-state index is 12.8. The van der Waals surface area contributed by atoms with Gasteiger partial charge in [-0.05, 0) is 49.4 Å². The van der Waals surface area contributed by atoms with Gasteiger partial charge in [-0.3, -0.25) is 9.59 Å². The molecule has 2 aromatic rings. The van der Waals surface area contributed by atoms with Gasteiger partial charge >= 0.3 is 0 Å². The zero-order valence-corrected chi connectivity index (χ0v) is 15.5. The molecule has 0 aliphatic heterocycles. The van der Waals surface area contributed by atoms with Crippen LogP contribution in [0.25, 0.3) is 0 Å². The van der Waals surface area contributed by atoms with Crippen molar-refractivity contribution in [1.29, 1.82) is 0 Å². The van der Waals surface area contributed by atoms with Gasteiger partial charge in [-0.15, -0.1) is 0 Å². The largest absolute Gasteiger partial charge is 0.508 e. The number of rotatable bonds is 9. The third-order valence-corrected chi connectivity index (χ3v) is 4.58. The molecule has 6 heteroatoms. The number of carbonyl (C=O) groups is 2. The molecule has 27 heavy (non-hydrogen) atoms. The van der Waals surface area contributed by atoms with Gasteiger partial charge in [0.05, 0.1) is 6.04 Å². The lowest BCUT2D eigenvalue weighted by Crippen LogP contribution is -2.53. The summed E-state index contributed by atoms with van der Waals surface area (Å²) in [5.74, 6) is -0.703. The number of phenolic OH excluding ortho intramolecular Hbond substituents is 1. The maximum absolute atomic E-state index is 12.8. The van der Waals surface area contributed by atoms with Crippen molar-refractivity contribution in [1.82, 2.24) is 4.90 Å². The molecule has 0 aliphatic rings. The highest BCUT2D eigenvalue weighted by Crippen LogP contribution is 2.13. The van der Waals surface area contributed by atoms with Gasteiger partial charge in [-0.1, -0.05) is 42.5 Å². The average molecular weight is 369 g/mol. The molecule has 144 valence electrons. The number of hydrogen-bond acceptors (Lipinski definition) is 4. The molecule has 0 fully saturated rings. The molecule has 2 atom stereocenters. The molecular formula is C21H27N3O3. The van der Waals surface area contributed by atoms with Crippen LogP contribution in [0.15, 0.2) is 54.6 Å². The molecule has 0 aliphatic carbocycles. The Bertz CT molecular complexity index is 747. The van der Waals surface area contributed by atoms with Crippen molar-refractivity contribution in [2.24, 2.45) is 11.5 Å². The zero-order chi connectivity index (χ0) is 19.8. The van der Waals surface area contributed by atoms with E-state index in [-0.39, 0.29) is 11.7 Å². The summed E-state index contributed by atoms with van der Waals surface area (Å²) in [4.78, 5) is 26.0. The second-order valence-electron chi connectivity index (χ2n) is 6.68. The van der Waals surface area contributed by atoms with Gasteiger partial charge < -0.3 is 21.5 Å². The number of benzene rings is 2. The van der Waals surface area contributed by atoms with Crippen LogP contribution in [-0.4, -0.2) is 40.4 Å². The Morgan fingerprint density at radius 2 is 1.67 bits per heavy atom. The fraction of sp³-hybridized carbons (Fsp3) is 0.333. The summed E-state index contributed by atoms with van der Waals surface area (Å²) in [6.45, 7) is 2.02. The summed E-state index contributed by atoms with van der Waals surface area (Å²) in [7, 11) is 0. The number of nitrogens with two attached hydrogens (primary N) is 2. The van der Waals surface area contributed by atoms with E-state index in [2.05, 4.69) is 0 Å². The van der Waals surface area contributed by atoms with Crippen LogP contribution in [0.1, 0.15) is 24.5 Å². The molecule has 6 nitrogen and oxygen atoms in total. The van der Waals surface area contributed by atoms with Crippen LogP contribution < -0.4 is 11.5 Å². The van der Waals surface area contributed by atoms with Gasteiger partial charge in [0.15, 0.2) is 0 Å². The van der Waals surface area contributed by atoms with Gasteiger partial charge in [0, 0.05) is 6.54 Å². The van der Waals surface area contributed by atoms with Crippen molar-refractivity contribution in [3.63, 3.8) is 0 Å². The molecule has 2 aromatic carbocycles. The first-order chi connectivity index (χ1) is 12.9. The first-order valence-corrected chi connectivity index (χ1v) is 9.05. The highest BCUT2D eigenvalue weighted by Gasteiger charge is 2.28. The van der Waals surface area contributed by atoms with Crippen LogP contribution >= 0.6 is 0 Å². The molecule has 0 unspecified atom stereocenters. The Hall–Kier alpha value is -2.86. The Morgan fingerprint density at radius 3 is 2.26 bits per heavy atom. The molecule has 0 saturated carbocycles. The molecule has 5 N–H and O–H groups in total. The molecule has 0 bridgehead atoms. The second-order valence-corrected chi connectivity index (χ2v) is 6.68. The highest BCUT2D eigenvalue weighted by molar-refractivity contribution is 5.88. The van der Waals surface area contributed by atoms with Gasteiger partial charge in [-0.2, -0.15) is 0 Å². The summed E-state index contributed by atoms with van der Waals surface area (Å²) in [6.07, 6.45) is 1.82. The van der Waals surface area contributed by atoms with Crippen LogP contribution in [0.3, 0.4) is 0 Å². The van der Waals surface area contributed by atoms with Gasteiger partial charge in [0.1, 0.15) is 11.8 Å². The van der Waals surface area contributed by atoms with Gasteiger partial charge in [-0.25, -0.2) is 0 Å². The number of primary amides is 1. The molecule has 2 rings (SSSR count). The number of amides is 2. The van der Waals surface area contributed by atoms with Crippen molar-refractivity contribution in [2.75, 3.05) is 6.54 Å². The molecule has 0 spiro atoms. The Morgan fingerprint density at radius 1 is 1.04 bits per heavy atom. The Kier molecular flexibility index (Phi) is 7.37. The predicted octanol–water partition coefficient (Wildman–Crippen LogP) is 1.60. The monoisotopic (exact) mass is 369 g/mol. The van der Waals surface area contributed by atoms with Crippen molar-refractivity contribution in [3.05, 3.63) is 65.7 Å². The van der Waals surface area contributed by atoms with E-state index in [0.717, 1.165) is 12.0 Å². The van der Waals surface area contributed by atoms with Crippen LogP contribution in [0, 0.1) is 0 Å². The van der Waals surface area contributed by atoms with Crippen LogP contribution in [-0.2, 0) is 22.4 Å². The van der Waals surface area contributed by atoms with E-state index in [1.165, 1.54) is 10.5 Å². The summed E-state index contributed by atoms with van der Waals surface area (Å²) < 4.78 is 0. The van der Waals surface area contributed by atoms with Crippen LogP contribution in [0.5, 0.6) is 5.75 Å². The average Bonchev–Trinajstić information content (AvgIpc) is 2.66. The van der Waals surface area contributed by atoms with Crippen molar-refractivity contribution < 1.29 is 14.7 Å². The van der Waals surface area contributed by atoms with E-state index < -0.39 is 18.0 Å². The van der Waals surface area contributed by atoms with Crippen molar-refractivity contribution >= 4 is 11.8 Å². The zero-order valence-electron chi connectivity index (χ0n) is 15.5. The lowest BCUT2D eigenvalue weighted by atomic mass is 10.0. The molecular weight excluding hydrogens is 342 g/mol. The minimum Gasteiger partial charge on any atom is -0.508 e. The third-order valence-electron chi connectivity index (χ3n) is 4.58. The molecule has 0 radical (unpaired) electrons. The van der Waals surface area contributed by atoms with Gasteiger partial charge in [0.2, 0.25) is 11.8 Å². The highest BCUT2D eigenvalue weighted by atomic mass is 16.3. The summed E-state index contributed by atoms with van der Waals surface area (Å²) in [5.41, 5.74) is 13.5. The summed E-state index contributed by atoms with van der Waals surface area (Å²) in [6, 6.07) is 15.0. The third kappa shape index (κ3) is 6.11. The Balaban J connectivity index is 2.01. The summed E-state index contributed by atoms with van der Waals surface area (Å²) in [5, 5.41) is 9.36. The number of carbonyl (C=O) groups excluding carboxylic acids is 2. The summed E-state index contributed by atoms with van der Waals surface area (Å²) >= 11 is 0. The van der Waals surface area contributed by atoms with Crippen molar-refractivity contribution in [2.45, 2.75) is 38.3 Å². The maximum Gasteiger partial charge on any atom is 0.240 e. The van der Waals surface area contributed by atoms with Crippen LogP contribution in [0.2, 0.25) is 0 Å². The molecule has 0 heterocycles.